The SMILES string of the molecule is Cc1cc(=O)n(CCN2CC(Cn3nc(C4CC4)ccc3=O)C2)cn1. The number of hydrogen-bond acceptors (Lipinski definition) is 5. The molecule has 1 aliphatic heterocycles. The lowest BCUT2D eigenvalue weighted by Gasteiger charge is -2.39. The third kappa shape index (κ3) is 3.71. The fraction of sp³-hybridized carbons (Fsp3) is 0.556. The first-order valence-corrected chi connectivity index (χ1v) is 8.92. The molecule has 25 heavy (non-hydrogen) atoms. The van der Waals surface area contributed by atoms with E-state index in [4.69, 9.17) is 0 Å². The molecule has 2 aliphatic rings. The number of likely N-dealkylation sites (tertiary alicyclic amines) is 1. The van der Waals surface area contributed by atoms with Crippen LogP contribution in [0.5, 0.6) is 0 Å². The van der Waals surface area contributed by atoms with Crippen molar-refractivity contribution in [2.24, 2.45) is 5.92 Å². The summed E-state index contributed by atoms with van der Waals surface area (Å²) in [5, 5.41) is 4.53. The van der Waals surface area contributed by atoms with Gasteiger partial charge in [0.05, 0.1) is 18.6 Å². The van der Waals surface area contributed by atoms with Crippen molar-refractivity contribution in [1.29, 1.82) is 0 Å². The highest BCUT2D eigenvalue weighted by Crippen LogP contribution is 2.38. The molecule has 0 bridgehead atoms. The van der Waals surface area contributed by atoms with Gasteiger partial charge in [0, 0.05) is 55.8 Å². The second-order valence-electron chi connectivity index (χ2n) is 7.24. The summed E-state index contributed by atoms with van der Waals surface area (Å²) < 4.78 is 3.27. The minimum absolute atomic E-state index is 0.00258. The van der Waals surface area contributed by atoms with Crippen LogP contribution in [0.1, 0.15) is 30.1 Å². The van der Waals surface area contributed by atoms with Crippen LogP contribution in [0.25, 0.3) is 0 Å². The molecular weight excluding hydrogens is 318 g/mol. The van der Waals surface area contributed by atoms with Crippen molar-refractivity contribution in [3.05, 3.63) is 56.6 Å². The molecule has 132 valence electrons. The highest BCUT2D eigenvalue weighted by molar-refractivity contribution is 5.12. The summed E-state index contributed by atoms with van der Waals surface area (Å²) in [5.41, 5.74) is 1.79. The largest absolute Gasteiger partial charge is 0.301 e. The molecule has 4 rings (SSSR count). The lowest BCUT2D eigenvalue weighted by molar-refractivity contribution is 0.0799. The summed E-state index contributed by atoms with van der Waals surface area (Å²) in [6.45, 7) is 5.85. The molecule has 2 aromatic heterocycles. The Labute approximate surface area is 145 Å². The van der Waals surface area contributed by atoms with Crippen LogP contribution in [-0.2, 0) is 13.1 Å². The summed E-state index contributed by atoms with van der Waals surface area (Å²) in [7, 11) is 0. The van der Waals surface area contributed by atoms with Gasteiger partial charge in [0.25, 0.3) is 11.1 Å². The molecule has 0 N–H and O–H groups in total. The summed E-state index contributed by atoms with van der Waals surface area (Å²) in [4.78, 5) is 30.3. The van der Waals surface area contributed by atoms with Crippen molar-refractivity contribution in [2.75, 3.05) is 19.6 Å². The topological polar surface area (TPSA) is 73.0 Å². The van der Waals surface area contributed by atoms with Gasteiger partial charge in [-0.25, -0.2) is 9.67 Å². The fourth-order valence-electron chi connectivity index (χ4n) is 3.35. The van der Waals surface area contributed by atoms with Crippen molar-refractivity contribution in [3.8, 4) is 0 Å². The first kappa shape index (κ1) is 16.2. The predicted molar refractivity (Wildman–Crippen MR) is 93.6 cm³/mol. The molecule has 2 aromatic rings. The van der Waals surface area contributed by atoms with Crippen LogP contribution in [0.15, 0.2) is 34.1 Å². The van der Waals surface area contributed by atoms with Gasteiger partial charge in [-0.1, -0.05) is 0 Å². The van der Waals surface area contributed by atoms with E-state index in [2.05, 4.69) is 15.0 Å². The van der Waals surface area contributed by atoms with E-state index in [-0.39, 0.29) is 11.1 Å². The second kappa shape index (κ2) is 6.55. The molecule has 1 saturated heterocycles. The fourth-order valence-corrected chi connectivity index (χ4v) is 3.35. The van der Waals surface area contributed by atoms with Gasteiger partial charge in [0.2, 0.25) is 0 Å². The Kier molecular flexibility index (Phi) is 4.25. The van der Waals surface area contributed by atoms with E-state index in [9.17, 15) is 9.59 Å². The molecule has 1 saturated carbocycles. The third-order valence-corrected chi connectivity index (χ3v) is 5.02. The van der Waals surface area contributed by atoms with E-state index in [0.717, 1.165) is 31.0 Å². The monoisotopic (exact) mass is 341 g/mol. The highest BCUT2D eigenvalue weighted by atomic mass is 16.1. The number of aromatic nitrogens is 4. The van der Waals surface area contributed by atoms with Crippen LogP contribution in [0.4, 0.5) is 0 Å². The Morgan fingerprint density at radius 2 is 1.92 bits per heavy atom. The zero-order valence-corrected chi connectivity index (χ0v) is 14.5. The Morgan fingerprint density at radius 1 is 1.12 bits per heavy atom. The highest BCUT2D eigenvalue weighted by Gasteiger charge is 2.29. The molecule has 1 aliphatic carbocycles. The smallest absolute Gasteiger partial charge is 0.266 e. The van der Waals surface area contributed by atoms with Crippen LogP contribution in [0.3, 0.4) is 0 Å². The van der Waals surface area contributed by atoms with Crippen molar-refractivity contribution in [1.82, 2.24) is 24.2 Å². The minimum Gasteiger partial charge on any atom is -0.301 e. The van der Waals surface area contributed by atoms with Gasteiger partial charge in [-0.2, -0.15) is 5.10 Å². The van der Waals surface area contributed by atoms with Gasteiger partial charge in [0.15, 0.2) is 0 Å². The Bertz CT molecular complexity index is 878. The quantitative estimate of drug-likeness (QED) is 0.770. The lowest BCUT2D eigenvalue weighted by Crippen LogP contribution is -2.50. The van der Waals surface area contributed by atoms with E-state index in [1.165, 1.54) is 12.8 Å². The molecule has 7 nitrogen and oxygen atoms in total. The first-order chi connectivity index (χ1) is 12.1. The van der Waals surface area contributed by atoms with E-state index in [0.29, 0.717) is 24.9 Å². The van der Waals surface area contributed by atoms with Crippen molar-refractivity contribution < 1.29 is 0 Å². The van der Waals surface area contributed by atoms with Crippen molar-refractivity contribution in [3.63, 3.8) is 0 Å². The van der Waals surface area contributed by atoms with Crippen molar-refractivity contribution in [2.45, 2.75) is 38.8 Å². The van der Waals surface area contributed by atoms with Crippen LogP contribution in [0.2, 0.25) is 0 Å². The average molecular weight is 341 g/mol. The molecular formula is C18H23N5O2. The van der Waals surface area contributed by atoms with Crippen LogP contribution < -0.4 is 11.1 Å². The van der Waals surface area contributed by atoms with Gasteiger partial charge in [-0.3, -0.25) is 14.2 Å². The minimum atomic E-state index is -0.0138. The van der Waals surface area contributed by atoms with E-state index in [1.807, 2.05) is 13.0 Å². The van der Waals surface area contributed by atoms with E-state index < -0.39 is 0 Å². The molecule has 0 atom stereocenters. The lowest BCUT2D eigenvalue weighted by atomic mass is 10.0. The molecule has 2 fully saturated rings. The van der Waals surface area contributed by atoms with Crippen molar-refractivity contribution >= 4 is 0 Å². The van der Waals surface area contributed by atoms with E-state index in [1.54, 1.807) is 27.7 Å². The maximum atomic E-state index is 12.0. The number of hydrogen-bond donors (Lipinski definition) is 0. The molecule has 0 unspecified atom stereocenters. The second-order valence-corrected chi connectivity index (χ2v) is 7.24. The molecule has 3 heterocycles. The Morgan fingerprint density at radius 3 is 2.64 bits per heavy atom. The molecule has 0 radical (unpaired) electrons. The van der Waals surface area contributed by atoms with Crippen LogP contribution in [-0.4, -0.2) is 43.9 Å². The maximum Gasteiger partial charge on any atom is 0.266 e. The number of aryl methyl sites for hydroxylation is 1. The Hall–Kier alpha value is -2.28. The number of rotatable bonds is 6. The molecule has 0 aromatic carbocycles. The standard InChI is InChI=1S/C18H23N5O2/c1-13-8-18(25)22(12-19-13)7-6-21-9-14(10-21)11-23-17(24)5-4-16(20-23)15-2-3-15/h4-5,8,12,14-15H,2-3,6-7,9-11H2,1H3. The predicted octanol–water partition coefficient (Wildman–Crippen LogP) is 0.618. The zero-order chi connectivity index (χ0) is 17.4. The van der Waals surface area contributed by atoms with Gasteiger partial charge < -0.3 is 4.90 Å². The van der Waals surface area contributed by atoms with Gasteiger partial charge in [-0.05, 0) is 25.8 Å². The summed E-state index contributed by atoms with van der Waals surface area (Å²) in [5.74, 6) is 1.01. The van der Waals surface area contributed by atoms with Crippen LogP contribution in [0, 0.1) is 12.8 Å². The maximum absolute atomic E-state index is 12.0. The third-order valence-electron chi connectivity index (χ3n) is 5.02. The van der Waals surface area contributed by atoms with Gasteiger partial charge in [-0.15, -0.1) is 0 Å². The van der Waals surface area contributed by atoms with Gasteiger partial charge in [0.1, 0.15) is 0 Å². The Balaban J connectivity index is 1.28. The first-order valence-electron chi connectivity index (χ1n) is 8.92. The van der Waals surface area contributed by atoms with Gasteiger partial charge >= 0.3 is 0 Å². The summed E-state index contributed by atoms with van der Waals surface area (Å²) in [6, 6.07) is 5.08. The van der Waals surface area contributed by atoms with Crippen LogP contribution >= 0.6 is 0 Å². The molecule has 0 amide bonds. The van der Waals surface area contributed by atoms with E-state index >= 15 is 0 Å². The summed E-state index contributed by atoms with van der Waals surface area (Å²) >= 11 is 0. The molecule has 7 heteroatoms. The number of nitrogens with zero attached hydrogens (tertiary/aromatic N) is 5. The average Bonchev–Trinajstić information content (AvgIpc) is 3.37. The normalized spacial score (nSPS) is 18.3. The summed E-state index contributed by atoms with van der Waals surface area (Å²) in [6.07, 6.45) is 3.99. The molecule has 0 spiro atoms. The zero-order valence-electron chi connectivity index (χ0n) is 14.5.